The minimum absolute atomic E-state index is 0. The van der Waals surface area contributed by atoms with E-state index >= 15 is 0 Å². The molecule has 5 nitrogen and oxygen atoms in total. The first-order valence-corrected chi connectivity index (χ1v) is 8.55. The predicted octanol–water partition coefficient (Wildman–Crippen LogP) is 3.11. The fourth-order valence-corrected chi connectivity index (χ4v) is 2.42. The van der Waals surface area contributed by atoms with E-state index in [1.54, 1.807) is 36.2 Å². The minimum atomic E-state index is -0.171. The maximum atomic E-state index is 12.6. The summed E-state index contributed by atoms with van der Waals surface area (Å²) in [5.41, 5.74) is 1.79. The van der Waals surface area contributed by atoms with Crippen LogP contribution in [0.1, 0.15) is 34.1 Å². The van der Waals surface area contributed by atoms with E-state index in [-0.39, 0.29) is 24.2 Å². The smallest absolute Gasteiger partial charge is 0.258 e. The molecule has 2 rings (SSSR count). The molecule has 0 saturated heterocycles. The van der Waals surface area contributed by atoms with Crippen LogP contribution >= 0.6 is 12.4 Å². The van der Waals surface area contributed by atoms with Crippen molar-refractivity contribution < 1.29 is 9.59 Å². The van der Waals surface area contributed by atoms with Crippen LogP contribution in [-0.4, -0.2) is 38.5 Å². The molecule has 0 unspecified atom stereocenters. The summed E-state index contributed by atoms with van der Waals surface area (Å²) in [7, 11) is 1.73. The van der Waals surface area contributed by atoms with Crippen molar-refractivity contribution in [2.24, 2.45) is 0 Å². The Bertz CT molecular complexity index is 707. The highest BCUT2D eigenvalue weighted by Gasteiger charge is 2.15. The van der Waals surface area contributed by atoms with Gasteiger partial charge in [0.2, 0.25) is 0 Å². The average molecular weight is 376 g/mol. The molecule has 0 fully saturated rings. The first-order chi connectivity index (χ1) is 12.1. The highest BCUT2D eigenvalue weighted by Crippen LogP contribution is 2.15. The number of hydrogen-bond donors (Lipinski definition) is 2. The van der Waals surface area contributed by atoms with E-state index in [4.69, 9.17) is 0 Å². The van der Waals surface area contributed by atoms with E-state index in [0.29, 0.717) is 17.7 Å². The Labute approximate surface area is 161 Å². The van der Waals surface area contributed by atoms with E-state index < -0.39 is 0 Å². The third-order valence-electron chi connectivity index (χ3n) is 3.83. The SMILES string of the molecule is CCCNCCNC(=O)c1cccc(C(=O)N(C)c2ccccc2)c1.Cl. The summed E-state index contributed by atoms with van der Waals surface area (Å²) in [6.45, 7) is 4.32. The van der Waals surface area contributed by atoms with Gasteiger partial charge in [-0.15, -0.1) is 12.4 Å². The van der Waals surface area contributed by atoms with Gasteiger partial charge in [0.15, 0.2) is 0 Å². The minimum Gasteiger partial charge on any atom is -0.351 e. The largest absolute Gasteiger partial charge is 0.351 e. The van der Waals surface area contributed by atoms with Gasteiger partial charge < -0.3 is 15.5 Å². The van der Waals surface area contributed by atoms with Crippen LogP contribution in [0.3, 0.4) is 0 Å². The Balaban J connectivity index is 0.00000338. The monoisotopic (exact) mass is 375 g/mol. The molecule has 0 atom stereocenters. The molecule has 2 N–H and O–H groups in total. The van der Waals surface area contributed by atoms with Crippen molar-refractivity contribution in [2.75, 3.05) is 31.6 Å². The fraction of sp³-hybridized carbons (Fsp3) is 0.300. The lowest BCUT2D eigenvalue weighted by atomic mass is 10.1. The van der Waals surface area contributed by atoms with Gasteiger partial charge in [-0.2, -0.15) is 0 Å². The molecule has 6 heteroatoms. The Hall–Kier alpha value is -2.37. The van der Waals surface area contributed by atoms with Gasteiger partial charge in [-0.1, -0.05) is 31.2 Å². The fourth-order valence-electron chi connectivity index (χ4n) is 2.42. The van der Waals surface area contributed by atoms with Crippen LogP contribution in [0.25, 0.3) is 0 Å². The molecule has 0 radical (unpaired) electrons. The molecule has 0 bridgehead atoms. The second-order valence-electron chi connectivity index (χ2n) is 5.79. The Kier molecular flexibility index (Phi) is 9.41. The molecule has 0 aromatic heterocycles. The maximum absolute atomic E-state index is 12.6. The van der Waals surface area contributed by atoms with Crippen LogP contribution in [-0.2, 0) is 0 Å². The summed E-state index contributed by atoms with van der Waals surface area (Å²) in [5.74, 6) is -0.319. The molecule has 0 aliphatic carbocycles. The molecule has 0 heterocycles. The molecule has 2 amide bonds. The molecule has 0 aliphatic rings. The average Bonchev–Trinajstić information content (AvgIpc) is 2.67. The van der Waals surface area contributed by atoms with Gasteiger partial charge in [-0.3, -0.25) is 9.59 Å². The van der Waals surface area contributed by atoms with E-state index in [1.165, 1.54) is 0 Å². The summed E-state index contributed by atoms with van der Waals surface area (Å²) >= 11 is 0. The zero-order chi connectivity index (χ0) is 18.1. The Morgan fingerprint density at radius 1 is 0.923 bits per heavy atom. The zero-order valence-electron chi connectivity index (χ0n) is 15.2. The number of halogens is 1. The van der Waals surface area contributed by atoms with Gasteiger partial charge in [0.05, 0.1) is 0 Å². The summed E-state index contributed by atoms with van der Waals surface area (Å²) in [5, 5.41) is 6.09. The number of hydrogen-bond acceptors (Lipinski definition) is 3. The predicted molar refractivity (Wildman–Crippen MR) is 108 cm³/mol. The number of carbonyl (C=O) groups excluding carboxylic acids is 2. The molecular formula is C20H26ClN3O2. The van der Waals surface area contributed by atoms with E-state index in [2.05, 4.69) is 17.6 Å². The van der Waals surface area contributed by atoms with E-state index in [1.807, 2.05) is 30.3 Å². The number of anilines is 1. The van der Waals surface area contributed by atoms with Crippen LogP contribution in [0.5, 0.6) is 0 Å². The highest BCUT2D eigenvalue weighted by atomic mass is 35.5. The quantitative estimate of drug-likeness (QED) is 0.697. The standard InChI is InChI=1S/C20H25N3O2.ClH/c1-3-12-21-13-14-22-19(24)16-8-7-9-17(15-16)20(25)23(2)18-10-5-4-6-11-18;/h4-11,15,21H,3,12-14H2,1-2H3,(H,22,24);1H. The van der Waals surface area contributed by atoms with Gasteiger partial charge in [0, 0.05) is 37.0 Å². The van der Waals surface area contributed by atoms with Crippen molar-refractivity contribution >= 4 is 29.9 Å². The van der Waals surface area contributed by atoms with Crippen molar-refractivity contribution in [3.8, 4) is 0 Å². The Morgan fingerprint density at radius 3 is 2.31 bits per heavy atom. The number of carbonyl (C=O) groups is 2. The van der Waals surface area contributed by atoms with E-state index in [0.717, 1.165) is 25.2 Å². The van der Waals surface area contributed by atoms with Gasteiger partial charge in [0.25, 0.3) is 11.8 Å². The summed E-state index contributed by atoms with van der Waals surface area (Å²) in [4.78, 5) is 26.4. The Morgan fingerprint density at radius 2 is 1.62 bits per heavy atom. The highest BCUT2D eigenvalue weighted by molar-refractivity contribution is 6.07. The van der Waals surface area contributed by atoms with Crippen molar-refractivity contribution in [3.63, 3.8) is 0 Å². The molecule has 140 valence electrons. The first kappa shape index (κ1) is 21.7. The number of nitrogens with zero attached hydrogens (tertiary/aromatic N) is 1. The summed E-state index contributed by atoms with van der Waals surface area (Å²) < 4.78 is 0. The second-order valence-corrected chi connectivity index (χ2v) is 5.79. The zero-order valence-corrected chi connectivity index (χ0v) is 16.0. The van der Waals surface area contributed by atoms with E-state index in [9.17, 15) is 9.59 Å². The van der Waals surface area contributed by atoms with Gasteiger partial charge in [-0.25, -0.2) is 0 Å². The maximum Gasteiger partial charge on any atom is 0.258 e. The number of amides is 2. The molecule has 26 heavy (non-hydrogen) atoms. The molecule has 0 saturated carbocycles. The first-order valence-electron chi connectivity index (χ1n) is 8.55. The molecule has 0 spiro atoms. The normalized spacial score (nSPS) is 9.92. The third kappa shape index (κ3) is 6.17. The van der Waals surface area contributed by atoms with Gasteiger partial charge in [-0.05, 0) is 43.3 Å². The van der Waals surface area contributed by atoms with Crippen LogP contribution in [0, 0.1) is 0 Å². The molecular weight excluding hydrogens is 350 g/mol. The summed E-state index contributed by atoms with van der Waals surface area (Å²) in [6, 6.07) is 16.2. The van der Waals surface area contributed by atoms with Crippen LogP contribution < -0.4 is 15.5 Å². The topological polar surface area (TPSA) is 61.4 Å². The van der Waals surface area contributed by atoms with Crippen molar-refractivity contribution in [1.29, 1.82) is 0 Å². The summed E-state index contributed by atoms with van der Waals surface area (Å²) in [6.07, 6.45) is 1.06. The van der Waals surface area contributed by atoms with Crippen molar-refractivity contribution in [2.45, 2.75) is 13.3 Å². The van der Waals surface area contributed by atoms with Gasteiger partial charge >= 0.3 is 0 Å². The van der Waals surface area contributed by atoms with Crippen molar-refractivity contribution in [3.05, 3.63) is 65.7 Å². The lowest BCUT2D eigenvalue weighted by Crippen LogP contribution is -2.32. The molecule has 2 aromatic carbocycles. The van der Waals surface area contributed by atoms with Crippen LogP contribution in [0.2, 0.25) is 0 Å². The van der Waals surface area contributed by atoms with Gasteiger partial charge in [0.1, 0.15) is 0 Å². The lowest BCUT2D eigenvalue weighted by Gasteiger charge is -2.17. The number of benzene rings is 2. The number of nitrogens with one attached hydrogen (secondary N) is 2. The number of rotatable bonds is 8. The van der Waals surface area contributed by atoms with Crippen LogP contribution in [0.4, 0.5) is 5.69 Å². The second kappa shape index (κ2) is 11.3. The number of para-hydroxylation sites is 1. The van der Waals surface area contributed by atoms with Crippen LogP contribution in [0.15, 0.2) is 54.6 Å². The van der Waals surface area contributed by atoms with Crippen molar-refractivity contribution in [1.82, 2.24) is 10.6 Å². The molecule has 0 aliphatic heterocycles. The lowest BCUT2D eigenvalue weighted by molar-refractivity contribution is 0.0954. The third-order valence-corrected chi connectivity index (χ3v) is 3.83. The molecule has 2 aromatic rings.